The van der Waals surface area contributed by atoms with Crippen molar-refractivity contribution in [2.24, 2.45) is 0 Å². The van der Waals surface area contributed by atoms with E-state index < -0.39 is 17.6 Å². The number of nitrogens with zero attached hydrogens (tertiary/aromatic N) is 2. The Labute approximate surface area is 101 Å². The Morgan fingerprint density at radius 2 is 1.76 bits per heavy atom. The topological polar surface area (TPSA) is 93.1 Å². The lowest BCUT2D eigenvalue weighted by Crippen LogP contribution is -2.50. The number of carboxylic acids is 1. The van der Waals surface area contributed by atoms with Gasteiger partial charge in [-0.3, -0.25) is 0 Å². The van der Waals surface area contributed by atoms with E-state index >= 15 is 0 Å². The highest BCUT2D eigenvalue weighted by molar-refractivity contribution is 5.79. The summed E-state index contributed by atoms with van der Waals surface area (Å²) in [4.78, 5) is 25.5. The Hall–Kier alpha value is -1.34. The molecule has 0 aliphatic heterocycles. The SMILES string of the molecule is CN(C)CCN(C)C(=O)NCC(C)(O)C(=O)O. The van der Waals surface area contributed by atoms with Crippen molar-refractivity contribution in [3.63, 3.8) is 0 Å². The molecule has 7 nitrogen and oxygen atoms in total. The van der Waals surface area contributed by atoms with Gasteiger partial charge >= 0.3 is 12.0 Å². The second-order valence-electron chi connectivity index (χ2n) is 4.46. The fraction of sp³-hybridized carbons (Fsp3) is 0.800. The molecule has 0 saturated heterocycles. The normalized spacial score (nSPS) is 14.2. The molecule has 1 atom stereocenters. The molecule has 0 heterocycles. The van der Waals surface area contributed by atoms with Crippen LogP contribution in [0.5, 0.6) is 0 Å². The largest absolute Gasteiger partial charge is 0.479 e. The maximum atomic E-state index is 11.5. The van der Waals surface area contributed by atoms with Crippen LogP contribution in [0.1, 0.15) is 6.92 Å². The summed E-state index contributed by atoms with van der Waals surface area (Å²) < 4.78 is 0. The molecule has 0 aromatic heterocycles. The summed E-state index contributed by atoms with van der Waals surface area (Å²) in [5.41, 5.74) is -1.95. The van der Waals surface area contributed by atoms with Gasteiger partial charge in [0, 0.05) is 20.1 Å². The third-order valence-corrected chi connectivity index (χ3v) is 2.27. The van der Waals surface area contributed by atoms with E-state index in [1.54, 1.807) is 7.05 Å². The number of aliphatic hydroxyl groups is 1. The van der Waals surface area contributed by atoms with Crippen LogP contribution in [-0.4, -0.2) is 78.4 Å². The van der Waals surface area contributed by atoms with Gasteiger partial charge < -0.3 is 25.3 Å². The van der Waals surface area contributed by atoms with Crippen LogP contribution in [0.25, 0.3) is 0 Å². The monoisotopic (exact) mass is 247 g/mol. The van der Waals surface area contributed by atoms with Gasteiger partial charge in [-0.25, -0.2) is 9.59 Å². The van der Waals surface area contributed by atoms with Crippen LogP contribution < -0.4 is 5.32 Å². The van der Waals surface area contributed by atoms with Crippen LogP contribution in [0.4, 0.5) is 4.79 Å². The lowest BCUT2D eigenvalue weighted by atomic mass is 10.1. The van der Waals surface area contributed by atoms with E-state index in [1.807, 2.05) is 19.0 Å². The lowest BCUT2D eigenvalue weighted by Gasteiger charge is -2.23. The summed E-state index contributed by atoms with van der Waals surface area (Å²) in [6.07, 6.45) is 0. The number of aliphatic carboxylic acids is 1. The molecule has 100 valence electrons. The Morgan fingerprint density at radius 1 is 1.24 bits per heavy atom. The number of hydrogen-bond acceptors (Lipinski definition) is 4. The second-order valence-corrected chi connectivity index (χ2v) is 4.46. The predicted molar refractivity (Wildman–Crippen MR) is 62.8 cm³/mol. The van der Waals surface area contributed by atoms with E-state index in [0.29, 0.717) is 13.1 Å². The predicted octanol–water partition coefficient (Wildman–Crippen LogP) is -0.975. The molecule has 17 heavy (non-hydrogen) atoms. The van der Waals surface area contributed by atoms with E-state index in [9.17, 15) is 14.7 Å². The van der Waals surface area contributed by atoms with Crippen molar-refractivity contribution in [1.82, 2.24) is 15.1 Å². The molecule has 0 spiro atoms. The van der Waals surface area contributed by atoms with Crippen molar-refractivity contribution in [2.75, 3.05) is 40.8 Å². The first-order valence-electron chi connectivity index (χ1n) is 5.26. The third kappa shape index (κ3) is 6.08. The summed E-state index contributed by atoms with van der Waals surface area (Å²) >= 11 is 0. The van der Waals surface area contributed by atoms with E-state index in [4.69, 9.17) is 5.11 Å². The van der Waals surface area contributed by atoms with Gasteiger partial charge in [0.15, 0.2) is 5.60 Å². The van der Waals surface area contributed by atoms with Crippen molar-refractivity contribution in [3.8, 4) is 0 Å². The number of carbonyl (C=O) groups is 2. The number of rotatable bonds is 6. The fourth-order valence-corrected chi connectivity index (χ4v) is 0.910. The van der Waals surface area contributed by atoms with Gasteiger partial charge in [0.25, 0.3) is 0 Å². The van der Waals surface area contributed by atoms with Gasteiger partial charge in [-0.2, -0.15) is 0 Å². The quantitative estimate of drug-likeness (QED) is 0.561. The maximum Gasteiger partial charge on any atom is 0.337 e. The van der Waals surface area contributed by atoms with Gasteiger partial charge in [-0.1, -0.05) is 0 Å². The first kappa shape index (κ1) is 15.7. The smallest absolute Gasteiger partial charge is 0.337 e. The van der Waals surface area contributed by atoms with Crippen LogP contribution in [-0.2, 0) is 4.79 Å². The Kier molecular flexibility index (Phi) is 5.90. The van der Waals surface area contributed by atoms with Crippen molar-refractivity contribution in [3.05, 3.63) is 0 Å². The van der Waals surface area contributed by atoms with Crippen LogP contribution in [0.2, 0.25) is 0 Å². The molecule has 7 heteroatoms. The molecular weight excluding hydrogens is 226 g/mol. The number of hydrogen-bond donors (Lipinski definition) is 3. The average Bonchev–Trinajstić information content (AvgIpc) is 2.22. The highest BCUT2D eigenvalue weighted by Crippen LogP contribution is 2.01. The zero-order valence-corrected chi connectivity index (χ0v) is 10.7. The molecule has 0 aromatic carbocycles. The number of carboxylic acid groups (broad SMARTS) is 1. The molecule has 0 radical (unpaired) electrons. The molecule has 0 aliphatic carbocycles. The van der Waals surface area contributed by atoms with Crippen LogP contribution in [0, 0.1) is 0 Å². The van der Waals surface area contributed by atoms with Crippen molar-refractivity contribution < 1.29 is 19.8 Å². The molecule has 0 fully saturated rings. The fourth-order valence-electron chi connectivity index (χ4n) is 0.910. The molecule has 0 aromatic rings. The minimum Gasteiger partial charge on any atom is -0.479 e. The van der Waals surface area contributed by atoms with Gasteiger partial charge in [0.2, 0.25) is 0 Å². The van der Waals surface area contributed by atoms with Gasteiger partial charge in [-0.15, -0.1) is 0 Å². The second kappa shape index (κ2) is 6.41. The van der Waals surface area contributed by atoms with Crippen molar-refractivity contribution >= 4 is 12.0 Å². The molecule has 2 amide bonds. The number of nitrogens with one attached hydrogen (secondary N) is 1. The minimum absolute atomic E-state index is 0.326. The Bertz CT molecular complexity index is 279. The van der Waals surface area contributed by atoms with Crippen molar-refractivity contribution in [2.45, 2.75) is 12.5 Å². The maximum absolute atomic E-state index is 11.5. The highest BCUT2D eigenvalue weighted by Gasteiger charge is 2.30. The van der Waals surface area contributed by atoms with E-state index in [1.165, 1.54) is 4.90 Å². The summed E-state index contributed by atoms with van der Waals surface area (Å²) in [5, 5.41) is 20.4. The van der Waals surface area contributed by atoms with Crippen LogP contribution in [0.3, 0.4) is 0 Å². The van der Waals surface area contributed by atoms with Crippen LogP contribution in [0.15, 0.2) is 0 Å². The number of carbonyl (C=O) groups excluding carboxylic acids is 1. The summed E-state index contributed by atoms with van der Waals surface area (Å²) in [6, 6.07) is -0.409. The molecule has 0 bridgehead atoms. The third-order valence-electron chi connectivity index (χ3n) is 2.27. The standard InChI is InChI=1S/C10H21N3O4/c1-10(17,8(14)15)7-11-9(16)13(4)6-5-12(2)3/h17H,5-7H2,1-4H3,(H,11,16)(H,14,15). The van der Waals surface area contributed by atoms with Crippen LogP contribution >= 0.6 is 0 Å². The van der Waals surface area contributed by atoms with E-state index in [0.717, 1.165) is 6.92 Å². The summed E-state index contributed by atoms with van der Waals surface area (Å²) in [5.74, 6) is -1.37. The summed E-state index contributed by atoms with van der Waals surface area (Å²) in [7, 11) is 5.39. The Morgan fingerprint density at radius 3 is 2.18 bits per heavy atom. The van der Waals surface area contributed by atoms with Gasteiger partial charge in [0.1, 0.15) is 0 Å². The lowest BCUT2D eigenvalue weighted by molar-refractivity contribution is -0.155. The molecule has 0 aliphatic rings. The molecule has 1 unspecified atom stereocenters. The zero-order valence-electron chi connectivity index (χ0n) is 10.7. The number of amides is 2. The summed E-state index contributed by atoms with van der Waals surface area (Å²) in [6.45, 7) is 2.04. The minimum atomic E-state index is -1.95. The van der Waals surface area contributed by atoms with Gasteiger partial charge in [-0.05, 0) is 21.0 Å². The first-order chi connectivity index (χ1) is 7.66. The first-order valence-corrected chi connectivity index (χ1v) is 5.26. The average molecular weight is 247 g/mol. The highest BCUT2D eigenvalue weighted by atomic mass is 16.4. The van der Waals surface area contributed by atoms with E-state index in [-0.39, 0.29) is 6.54 Å². The van der Waals surface area contributed by atoms with Crippen molar-refractivity contribution in [1.29, 1.82) is 0 Å². The molecular formula is C10H21N3O4. The number of likely N-dealkylation sites (N-methyl/N-ethyl adjacent to an activating group) is 2. The molecule has 3 N–H and O–H groups in total. The van der Waals surface area contributed by atoms with E-state index in [2.05, 4.69) is 5.32 Å². The molecule has 0 rings (SSSR count). The zero-order chi connectivity index (χ0) is 13.6. The molecule has 0 saturated carbocycles. The Balaban J connectivity index is 4.05. The number of urea groups is 1. The van der Waals surface area contributed by atoms with Gasteiger partial charge in [0.05, 0.1) is 6.54 Å².